The maximum absolute atomic E-state index is 12.8. The molecule has 0 spiro atoms. The number of fused-ring (bicyclic) bond motifs is 2. The van der Waals surface area contributed by atoms with Crippen molar-refractivity contribution in [2.24, 2.45) is 0 Å². The topological polar surface area (TPSA) is 75.9 Å². The van der Waals surface area contributed by atoms with Crippen LogP contribution in [0.5, 0.6) is 0 Å². The summed E-state index contributed by atoms with van der Waals surface area (Å²) in [7, 11) is 7.89. The molecule has 0 fully saturated rings. The Kier molecular flexibility index (Phi) is 5.27. The van der Waals surface area contributed by atoms with Crippen molar-refractivity contribution in [3.63, 3.8) is 0 Å². The summed E-state index contributed by atoms with van der Waals surface area (Å²) in [6.07, 6.45) is 6.00. The molecule has 1 unspecified atom stereocenters. The van der Waals surface area contributed by atoms with Gasteiger partial charge in [0.1, 0.15) is 11.4 Å². The highest BCUT2D eigenvalue weighted by Crippen LogP contribution is 2.41. The highest BCUT2D eigenvalue weighted by atomic mass is 32.2. The maximum atomic E-state index is 12.8. The van der Waals surface area contributed by atoms with Gasteiger partial charge >= 0.3 is 12.0 Å². The van der Waals surface area contributed by atoms with Crippen molar-refractivity contribution in [1.29, 1.82) is 0 Å². The number of hydrogen-bond acceptors (Lipinski definition) is 5. The fraction of sp³-hybridized carbons (Fsp3) is 0.316. The molecular weight excluding hydrogens is 364 g/mol. The first-order valence-electron chi connectivity index (χ1n) is 8.50. The third kappa shape index (κ3) is 3.85. The van der Waals surface area contributed by atoms with E-state index in [1.165, 1.54) is 0 Å². The SMILES string of the molecule is CN(C)C1=CC2Sc3cc(N(C)C)ccc3[N+](C(=O)NCC(=O)O)=C2C=C1. The van der Waals surface area contributed by atoms with Crippen molar-refractivity contribution in [2.45, 2.75) is 10.1 Å². The lowest BCUT2D eigenvalue weighted by molar-refractivity contribution is -0.337. The van der Waals surface area contributed by atoms with Gasteiger partial charge in [0.15, 0.2) is 6.54 Å². The van der Waals surface area contributed by atoms with E-state index in [0.29, 0.717) is 0 Å². The number of thioether (sulfide) groups is 1. The lowest BCUT2D eigenvalue weighted by atomic mass is 10.1. The predicted molar refractivity (Wildman–Crippen MR) is 107 cm³/mol. The van der Waals surface area contributed by atoms with Gasteiger partial charge < -0.3 is 14.9 Å². The molecule has 1 aromatic rings. The van der Waals surface area contributed by atoms with E-state index < -0.39 is 18.5 Å². The largest absolute Gasteiger partial charge is 0.497 e. The molecule has 1 aliphatic carbocycles. The second-order valence-electron chi connectivity index (χ2n) is 6.72. The number of carboxylic acids is 1. The quantitative estimate of drug-likeness (QED) is 0.771. The van der Waals surface area contributed by atoms with Crippen molar-refractivity contribution in [1.82, 2.24) is 10.2 Å². The van der Waals surface area contributed by atoms with Crippen molar-refractivity contribution < 1.29 is 19.3 Å². The Hall–Kier alpha value is -2.74. The van der Waals surface area contributed by atoms with E-state index in [0.717, 1.165) is 27.7 Å². The number of aliphatic carboxylic acids is 1. The highest BCUT2D eigenvalue weighted by Gasteiger charge is 2.36. The molecule has 7 nitrogen and oxygen atoms in total. The Morgan fingerprint density at radius 3 is 2.56 bits per heavy atom. The second-order valence-corrected chi connectivity index (χ2v) is 7.90. The summed E-state index contributed by atoms with van der Waals surface area (Å²) in [6.45, 7) is -0.423. The minimum Gasteiger partial charge on any atom is -0.478 e. The first kappa shape index (κ1) is 19.0. The first-order chi connectivity index (χ1) is 12.8. The van der Waals surface area contributed by atoms with E-state index >= 15 is 0 Å². The standard InChI is InChI=1S/C19H22N4O3S/c1-21(2)12-5-7-14-16(9-12)27-17-10-13(22(3)4)6-8-15(17)23(14)19(26)20-11-18(24)25/h5-10,16H,11H2,1-4H3,(H-,20,24,25,26)/p+1. The Morgan fingerprint density at radius 1 is 1.19 bits per heavy atom. The number of anilines is 1. The van der Waals surface area contributed by atoms with Crippen molar-refractivity contribution >= 4 is 40.8 Å². The van der Waals surface area contributed by atoms with Crippen LogP contribution < -0.4 is 10.2 Å². The smallest absolute Gasteiger partial charge is 0.478 e. The average Bonchev–Trinajstić information content (AvgIpc) is 2.62. The molecule has 142 valence electrons. The molecule has 3 rings (SSSR count). The molecule has 2 aliphatic rings. The van der Waals surface area contributed by atoms with Gasteiger partial charge in [0.2, 0.25) is 0 Å². The molecule has 0 saturated carbocycles. The van der Waals surface area contributed by atoms with Crippen molar-refractivity contribution in [3.8, 4) is 0 Å². The fourth-order valence-electron chi connectivity index (χ4n) is 2.95. The number of rotatable bonds is 4. The summed E-state index contributed by atoms with van der Waals surface area (Å²) in [5, 5.41) is 11.3. The molecule has 2 N–H and O–H groups in total. The van der Waals surface area contributed by atoms with E-state index in [1.807, 2.05) is 62.3 Å². The highest BCUT2D eigenvalue weighted by molar-refractivity contribution is 8.01. The fourth-order valence-corrected chi connectivity index (χ4v) is 4.20. The Morgan fingerprint density at radius 2 is 1.93 bits per heavy atom. The number of amides is 2. The van der Waals surface area contributed by atoms with Gasteiger partial charge in [-0.1, -0.05) is 0 Å². The molecule has 27 heavy (non-hydrogen) atoms. The number of carbonyl (C=O) groups excluding carboxylic acids is 1. The van der Waals surface area contributed by atoms with Crippen LogP contribution in [0, 0.1) is 0 Å². The summed E-state index contributed by atoms with van der Waals surface area (Å²) < 4.78 is 1.58. The summed E-state index contributed by atoms with van der Waals surface area (Å²) in [5.41, 5.74) is 3.68. The lowest BCUT2D eigenvalue weighted by Crippen LogP contribution is -2.41. The molecule has 0 bridgehead atoms. The molecule has 1 heterocycles. The van der Waals surface area contributed by atoms with Crippen LogP contribution in [0.4, 0.5) is 16.2 Å². The molecule has 8 heteroatoms. The molecule has 0 saturated heterocycles. The Balaban J connectivity index is 2.09. The molecule has 0 radical (unpaired) electrons. The number of nitrogens with zero attached hydrogens (tertiary/aromatic N) is 3. The number of urea groups is 1. The van der Waals surface area contributed by atoms with Crippen LogP contribution in [0.2, 0.25) is 0 Å². The summed E-state index contributed by atoms with van der Waals surface area (Å²) >= 11 is 1.68. The third-order valence-corrected chi connectivity index (χ3v) is 5.57. The van der Waals surface area contributed by atoms with Crippen LogP contribution in [0.3, 0.4) is 0 Å². The third-order valence-electron chi connectivity index (χ3n) is 4.36. The van der Waals surface area contributed by atoms with Gasteiger partial charge in [-0.2, -0.15) is 9.37 Å². The molecule has 2 amide bonds. The van der Waals surface area contributed by atoms with Gasteiger partial charge in [-0.25, -0.2) is 10.1 Å². The van der Waals surface area contributed by atoms with Crippen LogP contribution in [-0.4, -0.2) is 72.3 Å². The van der Waals surface area contributed by atoms with E-state index in [1.54, 1.807) is 16.3 Å². The zero-order valence-corrected chi connectivity index (χ0v) is 16.6. The van der Waals surface area contributed by atoms with Crippen LogP contribution in [-0.2, 0) is 4.79 Å². The Labute approximate surface area is 162 Å². The molecular formula is C19H23N4O3S+. The molecule has 1 aromatic carbocycles. The molecule has 0 aromatic heterocycles. The summed E-state index contributed by atoms with van der Waals surface area (Å²) in [4.78, 5) is 28.7. The van der Waals surface area contributed by atoms with Gasteiger partial charge in [-0.3, -0.25) is 0 Å². The van der Waals surface area contributed by atoms with E-state index in [-0.39, 0.29) is 5.25 Å². The second kappa shape index (κ2) is 7.48. The van der Waals surface area contributed by atoms with Gasteiger partial charge in [-0.05, 0) is 36.4 Å². The number of allylic oxidation sites excluding steroid dienone is 2. The monoisotopic (exact) mass is 387 g/mol. The minimum absolute atomic E-state index is 0.0344. The van der Waals surface area contributed by atoms with Crippen molar-refractivity contribution in [3.05, 3.63) is 42.1 Å². The van der Waals surface area contributed by atoms with E-state index in [2.05, 4.69) is 17.5 Å². The maximum Gasteiger partial charge on any atom is 0.497 e. The number of likely N-dealkylation sites (N-methyl/N-ethyl adjacent to an activating group) is 1. The number of hydrogen-bond donors (Lipinski definition) is 2. The van der Waals surface area contributed by atoms with Crippen LogP contribution in [0.1, 0.15) is 0 Å². The number of benzene rings is 1. The van der Waals surface area contributed by atoms with Crippen molar-refractivity contribution in [2.75, 3.05) is 39.6 Å². The lowest BCUT2D eigenvalue weighted by Gasteiger charge is -2.28. The summed E-state index contributed by atoms with van der Waals surface area (Å²) in [6, 6.07) is 5.46. The molecule has 1 atom stereocenters. The Bertz CT molecular complexity index is 887. The normalized spacial score (nSPS) is 17.6. The minimum atomic E-state index is -1.08. The molecule has 1 aliphatic heterocycles. The van der Waals surface area contributed by atoms with Crippen LogP contribution >= 0.6 is 11.8 Å². The van der Waals surface area contributed by atoms with E-state index in [9.17, 15) is 9.59 Å². The number of carbonyl (C=O) groups is 2. The van der Waals surface area contributed by atoms with Gasteiger partial charge in [0.05, 0.1) is 10.1 Å². The average molecular weight is 387 g/mol. The van der Waals surface area contributed by atoms with Gasteiger partial charge in [-0.15, -0.1) is 11.8 Å². The van der Waals surface area contributed by atoms with Crippen LogP contribution in [0.25, 0.3) is 0 Å². The first-order valence-corrected chi connectivity index (χ1v) is 9.37. The predicted octanol–water partition coefficient (Wildman–Crippen LogP) is 2.12. The van der Waals surface area contributed by atoms with Gasteiger partial charge in [0, 0.05) is 39.6 Å². The zero-order valence-electron chi connectivity index (χ0n) is 15.8. The number of nitrogens with one attached hydrogen (secondary N) is 1. The van der Waals surface area contributed by atoms with Crippen LogP contribution in [0.15, 0.2) is 47.0 Å². The number of carboxylic acid groups (broad SMARTS) is 1. The van der Waals surface area contributed by atoms with Gasteiger partial charge in [0.25, 0.3) is 0 Å². The summed E-state index contributed by atoms with van der Waals surface area (Å²) in [5.74, 6) is -1.08. The zero-order chi connectivity index (χ0) is 19.7. The van der Waals surface area contributed by atoms with E-state index in [4.69, 9.17) is 5.11 Å².